The van der Waals surface area contributed by atoms with Crippen LogP contribution in [-0.4, -0.2) is 63.6 Å². The lowest BCUT2D eigenvalue weighted by Crippen LogP contribution is -2.29. The molecule has 0 saturated carbocycles. The van der Waals surface area contributed by atoms with Crippen LogP contribution in [0.1, 0.15) is 40.4 Å². The second kappa shape index (κ2) is 12.5. The molecule has 0 unspecified atom stereocenters. The molecule has 0 fully saturated rings. The van der Waals surface area contributed by atoms with E-state index in [4.69, 9.17) is 14.5 Å². The molecule has 0 spiro atoms. The molecule has 0 bridgehead atoms. The van der Waals surface area contributed by atoms with Crippen molar-refractivity contribution in [1.29, 1.82) is 0 Å². The molecule has 2 amide bonds. The maximum atomic E-state index is 13.4. The Kier molecular flexibility index (Phi) is 8.56. The van der Waals surface area contributed by atoms with E-state index >= 15 is 0 Å². The Morgan fingerprint density at radius 3 is 2.50 bits per heavy atom. The number of esters is 1. The Hall–Kier alpha value is -4.67. The summed E-state index contributed by atoms with van der Waals surface area (Å²) in [7, 11) is 5.63. The fourth-order valence-corrected chi connectivity index (χ4v) is 4.84. The van der Waals surface area contributed by atoms with Crippen molar-refractivity contribution in [2.45, 2.75) is 19.8 Å². The van der Waals surface area contributed by atoms with Crippen LogP contribution in [0.3, 0.4) is 0 Å². The lowest BCUT2D eigenvalue weighted by Gasteiger charge is -2.21. The highest BCUT2D eigenvalue weighted by atomic mass is 17.2. The van der Waals surface area contributed by atoms with E-state index in [0.717, 1.165) is 23.4 Å². The van der Waals surface area contributed by atoms with Crippen LogP contribution in [0.4, 0.5) is 17.1 Å². The number of carbonyl (C=O) groups excluding carboxylic acids is 3. The Labute approximate surface area is 244 Å². The van der Waals surface area contributed by atoms with Gasteiger partial charge in [-0.1, -0.05) is 18.2 Å². The van der Waals surface area contributed by atoms with Gasteiger partial charge >= 0.3 is 5.97 Å². The Morgan fingerprint density at radius 1 is 1.00 bits per heavy atom. The van der Waals surface area contributed by atoms with Crippen LogP contribution in [0.5, 0.6) is 5.75 Å². The van der Waals surface area contributed by atoms with Crippen molar-refractivity contribution in [3.8, 4) is 5.75 Å². The molecule has 2 N–H and O–H groups in total. The summed E-state index contributed by atoms with van der Waals surface area (Å²) in [6.45, 7) is 3.13. The Balaban J connectivity index is 1.51. The SMILES string of the molecule is CCOC(=O)c1ccc2c(c1)NC(=O)/C2=C(\Nc1ccc(N(C)C(=O)CCN(C)C)cc1)c1ccc2c(c1)OOCC2. The van der Waals surface area contributed by atoms with Crippen LogP contribution in [0.25, 0.3) is 11.3 Å². The van der Waals surface area contributed by atoms with Gasteiger partial charge < -0.3 is 30.1 Å². The minimum Gasteiger partial charge on any atom is -0.462 e. The molecule has 2 aliphatic heterocycles. The van der Waals surface area contributed by atoms with Crippen molar-refractivity contribution in [2.75, 3.05) is 56.4 Å². The molecule has 42 heavy (non-hydrogen) atoms. The monoisotopic (exact) mass is 570 g/mol. The molecule has 0 aliphatic carbocycles. The number of carbonyl (C=O) groups is 3. The van der Waals surface area contributed by atoms with Gasteiger partial charge in [-0.2, -0.15) is 4.89 Å². The van der Waals surface area contributed by atoms with Gasteiger partial charge in [-0.25, -0.2) is 4.79 Å². The average molecular weight is 571 g/mol. The van der Waals surface area contributed by atoms with Crippen molar-refractivity contribution in [3.05, 3.63) is 82.9 Å². The molecule has 0 aromatic heterocycles. The van der Waals surface area contributed by atoms with Crippen LogP contribution in [0, 0.1) is 0 Å². The van der Waals surface area contributed by atoms with Crippen molar-refractivity contribution >= 4 is 46.1 Å². The van der Waals surface area contributed by atoms with Gasteiger partial charge in [-0.15, -0.1) is 0 Å². The number of amides is 2. The molecule has 10 nitrogen and oxygen atoms in total. The number of ether oxygens (including phenoxy) is 1. The first-order valence-electron chi connectivity index (χ1n) is 13.8. The normalized spacial score (nSPS) is 14.8. The van der Waals surface area contributed by atoms with Gasteiger partial charge in [0.05, 0.1) is 35.7 Å². The van der Waals surface area contributed by atoms with Gasteiger partial charge in [0.1, 0.15) is 0 Å². The summed E-state index contributed by atoms with van der Waals surface area (Å²) in [5.41, 5.74) is 5.68. The number of fused-ring (bicyclic) bond motifs is 2. The van der Waals surface area contributed by atoms with Gasteiger partial charge in [0.15, 0.2) is 5.75 Å². The van der Waals surface area contributed by atoms with Crippen molar-refractivity contribution in [3.63, 3.8) is 0 Å². The zero-order valence-corrected chi connectivity index (χ0v) is 24.2. The summed E-state index contributed by atoms with van der Waals surface area (Å²) in [4.78, 5) is 52.6. The molecule has 218 valence electrons. The third-order valence-electron chi connectivity index (χ3n) is 7.16. The topological polar surface area (TPSA) is 109 Å². The average Bonchev–Trinajstić information content (AvgIpc) is 3.33. The Morgan fingerprint density at radius 2 is 1.76 bits per heavy atom. The quantitative estimate of drug-likeness (QED) is 0.219. The highest BCUT2D eigenvalue weighted by molar-refractivity contribution is 6.37. The minimum atomic E-state index is -0.456. The minimum absolute atomic E-state index is 0.0184. The van der Waals surface area contributed by atoms with E-state index in [1.54, 1.807) is 37.1 Å². The number of anilines is 3. The van der Waals surface area contributed by atoms with E-state index in [9.17, 15) is 14.4 Å². The number of benzene rings is 3. The van der Waals surface area contributed by atoms with E-state index in [2.05, 4.69) is 10.6 Å². The molecule has 3 aromatic rings. The first-order valence-corrected chi connectivity index (χ1v) is 13.8. The maximum Gasteiger partial charge on any atom is 0.338 e. The zero-order chi connectivity index (χ0) is 29.8. The molecule has 2 heterocycles. The number of rotatable bonds is 9. The summed E-state index contributed by atoms with van der Waals surface area (Å²) in [5, 5.41) is 6.32. The molecule has 0 radical (unpaired) electrons. The van der Waals surface area contributed by atoms with Crippen molar-refractivity contribution in [2.24, 2.45) is 0 Å². The first-order chi connectivity index (χ1) is 20.2. The standard InChI is InChI=1S/C32H34N4O6/c1-5-40-32(39)22-8-13-25-26(18-22)34-31(38)29(25)30(21-7-6-20-15-17-41-42-27(20)19-21)33-23-9-11-24(12-10-23)36(4)28(37)14-16-35(2)3/h6-13,18-19,33H,5,14-17H2,1-4H3,(H,34,38)/b30-29-. The molecule has 3 aromatic carbocycles. The van der Waals surface area contributed by atoms with Crippen LogP contribution in [-0.2, 0) is 25.6 Å². The molecular formula is C32H34N4O6. The smallest absolute Gasteiger partial charge is 0.338 e. The predicted octanol–water partition coefficient (Wildman–Crippen LogP) is 4.58. The second-order valence-electron chi connectivity index (χ2n) is 10.3. The number of hydrogen-bond donors (Lipinski definition) is 2. The maximum absolute atomic E-state index is 13.4. The van der Waals surface area contributed by atoms with Crippen molar-refractivity contribution in [1.82, 2.24) is 4.90 Å². The van der Waals surface area contributed by atoms with Gasteiger partial charge in [-0.05, 0) is 63.5 Å². The van der Waals surface area contributed by atoms with E-state index in [-0.39, 0.29) is 18.4 Å². The van der Waals surface area contributed by atoms with Gasteiger partial charge in [-0.3, -0.25) is 9.59 Å². The summed E-state index contributed by atoms with van der Waals surface area (Å²) < 4.78 is 5.13. The summed E-state index contributed by atoms with van der Waals surface area (Å²) >= 11 is 0. The number of hydrogen-bond acceptors (Lipinski definition) is 8. The molecule has 0 saturated heterocycles. The number of nitrogens with zero attached hydrogens (tertiary/aromatic N) is 2. The Bertz CT molecular complexity index is 1550. The molecule has 5 rings (SSSR count). The van der Waals surface area contributed by atoms with E-state index in [1.807, 2.05) is 61.5 Å². The third kappa shape index (κ3) is 6.14. The summed E-state index contributed by atoms with van der Waals surface area (Å²) in [6.07, 6.45) is 1.13. The van der Waals surface area contributed by atoms with E-state index in [0.29, 0.717) is 59.0 Å². The van der Waals surface area contributed by atoms with E-state index in [1.165, 1.54) is 0 Å². The zero-order valence-electron chi connectivity index (χ0n) is 24.2. The molecule has 2 aliphatic rings. The van der Waals surface area contributed by atoms with Gasteiger partial charge in [0, 0.05) is 54.5 Å². The van der Waals surface area contributed by atoms with Gasteiger partial charge in [0.2, 0.25) is 5.91 Å². The van der Waals surface area contributed by atoms with Crippen LogP contribution in [0.15, 0.2) is 60.7 Å². The first kappa shape index (κ1) is 28.8. The lowest BCUT2D eigenvalue weighted by atomic mass is 9.97. The number of nitrogens with one attached hydrogen (secondary N) is 2. The molecular weight excluding hydrogens is 536 g/mol. The van der Waals surface area contributed by atoms with Crippen LogP contribution < -0.4 is 20.4 Å². The third-order valence-corrected chi connectivity index (χ3v) is 7.16. The summed E-state index contributed by atoms with van der Waals surface area (Å²) in [6, 6.07) is 18.2. The fourth-order valence-electron chi connectivity index (χ4n) is 4.84. The fraction of sp³-hybridized carbons (Fsp3) is 0.281. The van der Waals surface area contributed by atoms with Crippen LogP contribution in [0.2, 0.25) is 0 Å². The van der Waals surface area contributed by atoms with Gasteiger partial charge in [0.25, 0.3) is 5.91 Å². The highest BCUT2D eigenvalue weighted by Crippen LogP contribution is 2.39. The molecule has 10 heteroatoms. The van der Waals surface area contributed by atoms with Crippen LogP contribution >= 0.6 is 0 Å². The lowest BCUT2D eigenvalue weighted by molar-refractivity contribution is -0.215. The predicted molar refractivity (Wildman–Crippen MR) is 161 cm³/mol. The highest BCUT2D eigenvalue weighted by Gasteiger charge is 2.30. The second-order valence-corrected chi connectivity index (χ2v) is 10.3. The summed E-state index contributed by atoms with van der Waals surface area (Å²) in [5.74, 6) is -0.165. The molecule has 0 atom stereocenters. The largest absolute Gasteiger partial charge is 0.462 e. The van der Waals surface area contributed by atoms with E-state index < -0.39 is 5.97 Å². The van der Waals surface area contributed by atoms with Crippen molar-refractivity contribution < 1.29 is 28.9 Å².